The van der Waals surface area contributed by atoms with Crippen molar-refractivity contribution in [2.75, 3.05) is 6.61 Å². The van der Waals surface area contributed by atoms with E-state index in [2.05, 4.69) is 5.32 Å². The molecular weight excluding hydrogens is 349 g/mol. The first-order chi connectivity index (χ1) is 10.9. The van der Waals surface area contributed by atoms with E-state index in [9.17, 15) is 18.0 Å². The number of alkyl halides is 3. The molecule has 0 atom stereocenters. The van der Waals surface area contributed by atoms with Crippen LogP contribution in [0, 0.1) is 0 Å². The molecule has 0 bridgehead atoms. The highest BCUT2D eigenvalue weighted by atomic mass is 35.5. The number of carbonyl (C=O) groups is 1. The van der Waals surface area contributed by atoms with E-state index in [0.29, 0.717) is 16.9 Å². The minimum atomic E-state index is -4.42. The highest BCUT2D eigenvalue weighted by molar-refractivity contribution is 5.93. The molecule has 5 nitrogen and oxygen atoms in total. The third-order valence-electron chi connectivity index (χ3n) is 2.92. The van der Waals surface area contributed by atoms with Gasteiger partial charge in [-0.15, -0.1) is 12.4 Å². The van der Waals surface area contributed by atoms with Crippen molar-refractivity contribution in [3.8, 4) is 5.75 Å². The van der Waals surface area contributed by atoms with Crippen molar-refractivity contribution in [3.05, 3.63) is 53.5 Å². The number of nitrogens with one attached hydrogen (secondary N) is 1. The number of benzene rings is 1. The summed E-state index contributed by atoms with van der Waals surface area (Å²) in [6, 6.07) is 7.69. The first-order valence-electron chi connectivity index (χ1n) is 6.72. The lowest BCUT2D eigenvalue weighted by Gasteiger charge is -2.13. The van der Waals surface area contributed by atoms with E-state index in [4.69, 9.17) is 14.9 Å². The molecule has 2 aromatic rings. The molecule has 1 heterocycles. The lowest BCUT2D eigenvalue weighted by Crippen LogP contribution is -2.24. The first kappa shape index (κ1) is 19.9. The Balaban J connectivity index is 0.00000288. The van der Waals surface area contributed by atoms with Crippen LogP contribution in [0.3, 0.4) is 0 Å². The summed E-state index contributed by atoms with van der Waals surface area (Å²) in [4.78, 5) is 11.9. The van der Waals surface area contributed by atoms with Gasteiger partial charge in [-0.2, -0.15) is 13.2 Å². The molecule has 9 heteroatoms. The van der Waals surface area contributed by atoms with E-state index in [-0.39, 0.29) is 31.2 Å². The molecule has 0 aliphatic heterocycles. The van der Waals surface area contributed by atoms with Crippen LogP contribution in [-0.2, 0) is 13.1 Å². The minimum absolute atomic E-state index is 0. The van der Waals surface area contributed by atoms with E-state index < -0.39 is 18.7 Å². The number of rotatable bonds is 6. The Morgan fingerprint density at radius 2 is 2.00 bits per heavy atom. The van der Waals surface area contributed by atoms with Crippen LogP contribution in [0.4, 0.5) is 13.2 Å². The van der Waals surface area contributed by atoms with Gasteiger partial charge in [-0.3, -0.25) is 4.79 Å². The largest absolute Gasteiger partial charge is 0.484 e. The number of ether oxygens (including phenoxy) is 1. The number of amides is 1. The van der Waals surface area contributed by atoms with Crippen molar-refractivity contribution in [1.82, 2.24) is 5.32 Å². The van der Waals surface area contributed by atoms with Crippen molar-refractivity contribution >= 4 is 18.3 Å². The zero-order chi connectivity index (χ0) is 16.9. The molecule has 0 fully saturated rings. The van der Waals surface area contributed by atoms with Gasteiger partial charge < -0.3 is 20.2 Å². The molecule has 1 amide bonds. The molecule has 0 aliphatic carbocycles. The molecule has 1 aromatic heterocycles. The second-order valence-electron chi connectivity index (χ2n) is 4.70. The maximum Gasteiger partial charge on any atom is 0.422 e. The zero-order valence-corrected chi connectivity index (χ0v) is 13.2. The zero-order valence-electron chi connectivity index (χ0n) is 12.4. The number of furan rings is 1. The second-order valence-corrected chi connectivity index (χ2v) is 4.70. The van der Waals surface area contributed by atoms with Gasteiger partial charge in [-0.25, -0.2) is 0 Å². The molecule has 2 rings (SSSR count). The highest BCUT2D eigenvalue weighted by Crippen LogP contribution is 2.22. The normalized spacial score (nSPS) is 10.8. The predicted octanol–water partition coefficient (Wildman–Crippen LogP) is 3.03. The first-order valence-corrected chi connectivity index (χ1v) is 6.72. The van der Waals surface area contributed by atoms with Crippen LogP contribution in [-0.4, -0.2) is 18.7 Å². The van der Waals surface area contributed by atoms with Crippen LogP contribution in [0.2, 0.25) is 0 Å². The van der Waals surface area contributed by atoms with Crippen LogP contribution in [0.15, 0.2) is 41.0 Å². The molecule has 24 heavy (non-hydrogen) atoms. The van der Waals surface area contributed by atoms with Crippen molar-refractivity contribution in [2.45, 2.75) is 19.3 Å². The smallest absolute Gasteiger partial charge is 0.422 e. The summed E-state index contributed by atoms with van der Waals surface area (Å²) in [5.74, 6) is 0.114. The summed E-state index contributed by atoms with van der Waals surface area (Å²) >= 11 is 0. The molecule has 132 valence electrons. The summed E-state index contributed by atoms with van der Waals surface area (Å²) in [6.07, 6.45) is -3.16. The van der Waals surface area contributed by atoms with Crippen LogP contribution in [0.5, 0.6) is 5.75 Å². The van der Waals surface area contributed by atoms with Gasteiger partial charge in [0.25, 0.3) is 5.91 Å². The fraction of sp³-hybridized carbons (Fsp3) is 0.267. The summed E-state index contributed by atoms with van der Waals surface area (Å²) in [6.45, 7) is -1.20. The molecule has 0 spiro atoms. The Morgan fingerprint density at radius 1 is 1.29 bits per heavy atom. The van der Waals surface area contributed by atoms with Gasteiger partial charge in [0, 0.05) is 12.1 Å². The second kappa shape index (κ2) is 8.60. The number of hydrogen-bond acceptors (Lipinski definition) is 4. The van der Waals surface area contributed by atoms with Crippen LogP contribution >= 0.6 is 12.4 Å². The molecule has 0 saturated heterocycles. The quantitative estimate of drug-likeness (QED) is 0.826. The molecule has 3 N–H and O–H groups in total. The Kier molecular flexibility index (Phi) is 7.12. The van der Waals surface area contributed by atoms with Gasteiger partial charge in [0.1, 0.15) is 17.8 Å². The van der Waals surface area contributed by atoms with Gasteiger partial charge in [-0.05, 0) is 12.1 Å². The standard InChI is InChI=1S/C15H15F3N2O3.ClH/c16-15(17,18)9-23-13-4-2-1-3-10(13)7-20-14(21)11-5-12(6-19)22-8-11;/h1-5,8H,6-7,9,19H2,(H,20,21);1H. The van der Waals surface area contributed by atoms with E-state index in [1.54, 1.807) is 18.2 Å². The Hall–Kier alpha value is -2.19. The SMILES string of the molecule is Cl.NCc1cc(C(=O)NCc2ccccc2OCC(F)(F)F)co1. The maximum atomic E-state index is 12.2. The average molecular weight is 365 g/mol. The highest BCUT2D eigenvalue weighted by Gasteiger charge is 2.28. The Bertz CT molecular complexity index is 674. The third kappa shape index (κ3) is 5.78. The number of halogens is 4. The minimum Gasteiger partial charge on any atom is -0.484 e. The lowest BCUT2D eigenvalue weighted by atomic mass is 10.2. The van der Waals surface area contributed by atoms with E-state index >= 15 is 0 Å². The summed E-state index contributed by atoms with van der Waals surface area (Å²) in [7, 11) is 0. The maximum absolute atomic E-state index is 12.2. The molecule has 0 aliphatic rings. The van der Waals surface area contributed by atoms with Crippen LogP contribution in [0.25, 0.3) is 0 Å². The van der Waals surface area contributed by atoms with Gasteiger partial charge in [-0.1, -0.05) is 18.2 Å². The topological polar surface area (TPSA) is 77.5 Å². The molecular formula is C15H16ClF3N2O3. The lowest BCUT2D eigenvalue weighted by molar-refractivity contribution is -0.153. The van der Waals surface area contributed by atoms with Gasteiger partial charge in [0.05, 0.1) is 12.1 Å². The van der Waals surface area contributed by atoms with Gasteiger partial charge in [0.2, 0.25) is 0 Å². The third-order valence-corrected chi connectivity index (χ3v) is 2.92. The van der Waals surface area contributed by atoms with Gasteiger partial charge in [0.15, 0.2) is 6.61 Å². The number of para-hydroxylation sites is 1. The fourth-order valence-electron chi connectivity index (χ4n) is 1.83. The number of hydrogen-bond donors (Lipinski definition) is 2. The molecule has 0 unspecified atom stereocenters. The van der Waals surface area contributed by atoms with Crippen molar-refractivity contribution in [1.29, 1.82) is 0 Å². The van der Waals surface area contributed by atoms with Crippen LogP contribution < -0.4 is 15.8 Å². The Morgan fingerprint density at radius 3 is 2.62 bits per heavy atom. The molecule has 0 saturated carbocycles. The summed E-state index contributed by atoms with van der Waals surface area (Å²) in [5.41, 5.74) is 6.11. The number of carbonyl (C=O) groups excluding carboxylic acids is 1. The van der Waals surface area contributed by atoms with E-state index in [1.807, 2.05) is 0 Å². The van der Waals surface area contributed by atoms with Crippen molar-refractivity contribution in [3.63, 3.8) is 0 Å². The fourth-order valence-corrected chi connectivity index (χ4v) is 1.83. The Labute approximate surface area is 142 Å². The van der Waals surface area contributed by atoms with E-state index in [0.717, 1.165) is 0 Å². The van der Waals surface area contributed by atoms with Crippen molar-refractivity contribution < 1.29 is 27.1 Å². The monoisotopic (exact) mass is 364 g/mol. The van der Waals surface area contributed by atoms with Crippen molar-refractivity contribution in [2.24, 2.45) is 5.73 Å². The van der Waals surface area contributed by atoms with E-state index in [1.165, 1.54) is 18.4 Å². The number of nitrogens with two attached hydrogens (primary N) is 1. The average Bonchev–Trinajstić information content (AvgIpc) is 2.99. The predicted molar refractivity (Wildman–Crippen MR) is 83.0 cm³/mol. The van der Waals surface area contributed by atoms with Gasteiger partial charge >= 0.3 is 6.18 Å². The summed E-state index contributed by atoms with van der Waals surface area (Å²) < 4.78 is 46.5. The molecule has 0 radical (unpaired) electrons. The summed E-state index contributed by atoms with van der Waals surface area (Å²) in [5, 5.41) is 2.59. The molecule has 1 aromatic carbocycles. The van der Waals surface area contributed by atoms with Crippen LogP contribution in [0.1, 0.15) is 21.7 Å².